The second-order valence-electron chi connectivity index (χ2n) is 8.46. The van der Waals surface area contributed by atoms with Gasteiger partial charge in [-0.25, -0.2) is 4.79 Å². The molecule has 0 aliphatic carbocycles. The highest BCUT2D eigenvalue weighted by atomic mass is 32.2. The van der Waals surface area contributed by atoms with E-state index in [1.165, 1.54) is 50.3 Å². The van der Waals surface area contributed by atoms with Crippen molar-refractivity contribution in [2.45, 2.75) is 116 Å². The summed E-state index contributed by atoms with van der Waals surface area (Å²) in [5.41, 5.74) is 0. The average Bonchev–Trinajstić information content (AvgIpc) is 2.77. The molecule has 0 spiro atoms. The Balaban J connectivity index is 4.53. The number of unbranched alkanes of at least 4 members (excludes halogenated alkanes) is 9. The van der Waals surface area contributed by atoms with E-state index < -0.39 is 29.9 Å². The minimum atomic E-state index is -1.30. The molecule has 0 unspecified atom stereocenters. The number of carbonyl (C=O) groups excluding carboxylic acids is 2. The molecule has 33 heavy (non-hydrogen) atoms. The smallest absolute Gasteiger partial charge is 0.326 e. The van der Waals surface area contributed by atoms with Crippen LogP contribution in [0.5, 0.6) is 0 Å². The lowest BCUT2D eigenvalue weighted by Gasteiger charge is -2.21. The largest absolute Gasteiger partial charge is 0.481 e. The number of carboxylic acids is 2. The minimum Gasteiger partial charge on any atom is -0.481 e. The van der Waals surface area contributed by atoms with Gasteiger partial charge < -0.3 is 20.8 Å². The Morgan fingerprint density at radius 3 is 1.85 bits per heavy atom. The third kappa shape index (κ3) is 18.4. The van der Waals surface area contributed by atoms with E-state index in [1.54, 1.807) is 0 Å². The van der Waals surface area contributed by atoms with Crippen molar-refractivity contribution in [1.29, 1.82) is 0 Å². The van der Waals surface area contributed by atoms with E-state index >= 15 is 0 Å². The zero-order valence-electron chi connectivity index (χ0n) is 20.4. The third-order valence-electron chi connectivity index (χ3n) is 5.35. The molecule has 0 radical (unpaired) electrons. The third-order valence-corrected chi connectivity index (χ3v) is 6.49. The highest BCUT2D eigenvalue weighted by Gasteiger charge is 2.26. The molecule has 8 nitrogen and oxygen atoms in total. The van der Waals surface area contributed by atoms with Gasteiger partial charge in [0.2, 0.25) is 11.8 Å². The van der Waals surface area contributed by atoms with Crippen molar-refractivity contribution in [3.8, 4) is 0 Å². The maximum absolute atomic E-state index is 12.7. The maximum atomic E-state index is 12.7. The number of hydrogen-bond donors (Lipinski definition) is 4. The molecule has 0 saturated carbocycles. The molecule has 0 aromatic heterocycles. The number of nitrogens with one attached hydrogen (secondary N) is 2. The van der Waals surface area contributed by atoms with Crippen molar-refractivity contribution < 1.29 is 29.4 Å². The van der Waals surface area contributed by atoms with E-state index in [1.807, 2.05) is 0 Å². The molecule has 0 aliphatic heterocycles. The number of rotatable bonds is 22. The molecule has 2 amide bonds. The van der Waals surface area contributed by atoms with Gasteiger partial charge in [-0.1, -0.05) is 71.6 Å². The van der Waals surface area contributed by atoms with Crippen molar-refractivity contribution in [2.24, 2.45) is 0 Å². The fourth-order valence-corrected chi connectivity index (χ4v) is 4.42. The van der Waals surface area contributed by atoms with Crippen LogP contribution in [0, 0.1) is 0 Å². The predicted molar refractivity (Wildman–Crippen MR) is 132 cm³/mol. The van der Waals surface area contributed by atoms with E-state index in [4.69, 9.17) is 5.11 Å². The number of hydrogen-bond acceptors (Lipinski definition) is 5. The van der Waals surface area contributed by atoms with E-state index in [0.717, 1.165) is 37.9 Å². The van der Waals surface area contributed by atoms with Gasteiger partial charge in [0.05, 0.1) is 0 Å². The van der Waals surface area contributed by atoms with Crippen LogP contribution in [0.4, 0.5) is 0 Å². The molecule has 0 rings (SSSR count). The first kappa shape index (κ1) is 31.2. The minimum absolute atomic E-state index is 0.210. The average molecular weight is 489 g/mol. The van der Waals surface area contributed by atoms with Crippen molar-refractivity contribution in [3.63, 3.8) is 0 Å². The molecule has 4 N–H and O–H groups in total. The summed E-state index contributed by atoms with van der Waals surface area (Å²) in [6, 6.07) is -2.14. The monoisotopic (exact) mass is 488 g/mol. The molecular formula is C24H44N2O6S. The van der Waals surface area contributed by atoms with Crippen LogP contribution in [0.2, 0.25) is 0 Å². The van der Waals surface area contributed by atoms with Crippen LogP contribution in [-0.4, -0.2) is 57.6 Å². The summed E-state index contributed by atoms with van der Waals surface area (Å²) >= 11 is 1.54. The molecule has 0 saturated heterocycles. The van der Waals surface area contributed by atoms with Crippen molar-refractivity contribution >= 4 is 35.5 Å². The Bertz CT molecular complexity index is 573. The van der Waals surface area contributed by atoms with Crippen molar-refractivity contribution in [3.05, 3.63) is 0 Å². The van der Waals surface area contributed by atoms with Gasteiger partial charge in [-0.3, -0.25) is 14.4 Å². The molecule has 192 valence electrons. The molecule has 9 heteroatoms. The number of carbonyl (C=O) groups is 4. The van der Waals surface area contributed by atoms with Gasteiger partial charge in [-0.05, 0) is 25.0 Å². The van der Waals surface area contributed by atoms with Gasteiger partial charge in [-0.15, -0.1) is 0 Å². The lowest BCUT2D eigenvalue weighted by atomic mass is 10.1. The fourth-order valence-electron chi connectivity index (χ4n) is 3.29. The Hall–Kier alpha value is -1.77. The van der Waals surface area contributed by atoms with Crippen molar-refractivity contribution in [1.82, 2.24) is 10.6 Å². The molecule has 0 fully saturated rings. The topological polar surface area (TPSA) is 133 Å². The summed E-state index contributed by atoms with van der Waals surface area (Å²) in [5.74, 6) is -2.03. The van der Waals surface area contributed by atoms with Gasteiger partial charge in [0.1, 0.15) is 12.1 Å². The Morgan fingerprint density at radius 2 is 1.30 bits per heavy atom. The zero-order valence-corrected chi connectivity index (χ0v) is 21.2. The van der Waals surface area contributed by atoms with E-state index in [9.17, 15) is 24.3 Å². The SMILES string of the molecule is CCCCCCCCCCCC(=O)N[C@H](CSCCCC)C(=O)N[C@@H](CCC(=O)O)C(=O)O. The van der Waals surface area contributed by atoms with Gasteiger partial charge in [-0.2, -0.15) is 11.8 Å². The maximum Gasteiger partial charge on any atom is 0.326 e. The Kier molecular flexibility index (Phi) is 19.7. The van der Waals surface area contributed by atoms with E-state index in [2.05, 4.69) is 24.5 Å². The number of thioether (sulfide) groups is 1. The molecule has 0 aliphatic rings. The molecule has 0 heterocycles. The predicted octanol–water partition coefficient (Wildman–Crippen LogP) is 4.36. The number of amides is 2. The van der Waals surface area contributed by atoms with E-state index in [0.29, 0.717) is 12.2 Å². The quantitative estimate of drug-likeness (QED) is 0.166. The first-order valence-electron chi connectivity index (χ1n) is 12.4. The second-order valence-corrected chi connectivity index (χ2v) is 9.61. The number of aliphatic carboxylic acids is 2. The lowest BCUT2D eigenvalue weighted by Crippen LogP contribution is -2.52. The highest BCUT2D eigenvalue weighted by Crippen LogP contribution is 2.11. The van der Waals surface area contributed by atoms with E-state index in [-0.39, 0.29) is 18.7 Å². The summed E-state index contributed by atoms with van der Waals surface area (Å²) in [5, 5.41) is 23.2. The van der Waals surface area contributed by atoms with Crippen LogP contribution >= 0.6 is 11.8 Å². The number of carboxylic acid groups (broad SMARTS) is 2. The van der Waals surface area contributed by atoms with Crippen LogP contribution in [0.3, 0.4) is 0 Å². The molecule has 0 aromatic rings. The summed E-state index contributed by atoms with van der Waals surface area (Å²) < 4.78 is 0. The first-order valence-corrected chi connectivity index (χ1v) is 13.6. The standard InChI is InChI=1S/C24H44N2O6S/c1-3-5-7-8-9-10-11-12-13-14-21(27)25-20(18-33-17-6-4-2)23(30)26-19(24(31)32)15-16-22(28)29/h19-20H,3-18H2,1-2H3,(H,25,27)(H,26,30)(H,28,29)(H,31,32)/t19-,20+/m0/s1. The highest BCUT2D eigenvalue weighted by molar-refractivity contribution is 7.99. The summed E-state index contributed by atoms with van der Waals surface area (Å²) in [4.78, 5) is 47.2. The lowest BCUT2D eigenvalue weighted by molar-refractivity contribution is -0.143. The van der Waals surface area contributed by atoms with Gasteiger partial charge in [0.15, 0.2) is 0 Å². The van der Waals surface area contributed by atoms with Crippen molar-refractivity contribution in [2.75, 3.05) is 11.5 Å². The molecular weight excluding hydrogens is 444 g/mol. The van der Waals surface area contributed by atoms with Crippen LogP contribution < -0.4 is 10.6 Å². The summed E-state index contributed by atoms with van der Waals surface area (Å²) in [6.07, 6.45) is 12.1. The fraction of sp³-hybridized carbons (Fsp3) is 0.833. The first-order chi connectivity index (χ1) is 15.8. The summed E-state index contributed by atoms with van der Waals surface area (Å²) in [6.45, 7) is 4.27. The Labute approximate surface area is 203 Å². The van der Waals surface area contributed by atoms with Crippen LogP contribution in [0.15, 0.2) is 0 Å². The normalized spacial score (nSPS) is 12.7. The van der Waals surface area contributed by atoms with Gasteiger partial charge in [0.25, 0.3) is 0 Å². The zero-order chi connectivity index (χ0) is 24.9. The van der Waals surface area contributed by atoms with Gasteiger partial charge in [0, 0.05) is 18.6 Å². The van der Waals surface area contributed by atoms with Crippen LogP contribution in [-0.2, 0) is 19.2 Å². The van der Waals surface area contributed by atoms with Gasteiger partial charge >= 0.3 is 11.9 Å². The molecule has 0 aromatic carbocycles. The molecule has 2 atom stereocenters. The molecule has 0 bridgehead atoms. The van der Waals surface area contributed by atoms with Crippen LogP contribution in [0.1, 0.15) is 104 Å². The Morgan fingerprint density at radius 1 is 0.727 bits per heavy atom. The summed E-state index contributed by atoms with van der Waals surface area (Å²) in [7, 11) is 0. The van der Waals surface area contributed by atoms with Crippen LogP contribution in [0.25, 0.3) is 0 Å². The second kappa shape index (κ2) is 20.8.